The van der Waals surface area contributed by atoms with Crippen LogP contribution >= 0.6 is 0 Å². The maximum atomic E-state index is 5.46. The van der Waals surface area contributed by atoms with E-state index < -0.39 is 0 Å². The zero-order chi connectivity index (χ0) is 17.1. The molecule has 4 rings (SSSR count). The van der Waals surface area contributed by atoms with Crippen LogP contribution in [0.3, 0.4) is 0 Å². The van der Waals surface area contributed by atoms with E-state index in [0.717, 1.165) is 68.1 Å². The highest BCUT2D eigenvalue weighted by molar-refractivity contribution is 5.87. The molecule has 0 amide bonds. The van der Waals surface area contributed by atoms with Gasteiger partial charge in [-0.2, -0.15) is 0 Å². The zero-order valence-electron chi connectivity index (χ0n) is 14.5. The van der Waals surface area contributed by atoms with Crippen molar-refractivity contribution in [3.63, 3.8) is 0 Å². The van der Waals surface area contributed by atoms with E-state index in [1.54, 1.807) is 12.4 Å². The third-order valence-electron chi connectivity index (χ3n) is 4.80. The Kier molecular flexibility index (Phi) is 4.61. The number of nitrogens with one attached hydrogen (secondary N) is 1. The summed E-state index contributed by atoms with van der Waals surface area (Å²) < 4.78 is 5.46. The molecule has 3 heterocycles. The standard InChI is InChI=1S/C19H23N5O/c1-20-19-18-17(21-7-8-22-18)13-16(23-19)14-3-2-4-15(6-5-14)24-9-11-25-12-10-24/h5-8,13H,2-4,9-12H2,1H3,(H,20,23). The molecule has 0 saturated carbocycles. The number of anilines is 1. The van der Waals surface area contributed by atoms with Gasteiger partial charge in [0.05, 0.1) is 24.4 Å². The summed E-state index contributed by atoms with van der Waals surface area (Å²) in [5.41, 5.74) is 5.34. The fourth-order valence-corrected chi connectivity index (χ4v) is 3.46. The Labute approximate surface area is 147 Å². The van der Waals surface area contributed by atoms with E-state index in [2.05, 4.69) is 32.3 Å². The van der Waals surface area contributed by atoms with Crippen molar-refractivity contribution >= 4 is 22.4 Å². The van der Waals surface area contributed by atoms with E-state index in [4.69, 9.17) is 9.72 Å². The fraction of sp³-hybridized carbons (Fsp3) is 0.421. The summed E-state index contributed by atoms with van der Waals surface area (Å²) in [6.07, 6.45) is 11.2. The Hall–Kier alpha value is -2.47. The van der Waals surface area contributed by atoms with Crippen LogP contribution in [0.2, 0.25) is 0 Å². The number of hydrogen-bond donors (Lipinski definition) is 1. The molecule has 0 aromatic carbocycles. The Balaban J connectivity index is 1.67. The summed E-state index contributed by atoms with van der Waals surface area (Å²) in [5.74, 6) is 0.781. The second kappa shape index (κ2) is 7.19. The largest absolute Gasteiger partial charge is 0.378 e. The number of fused-ring (bicyclic) bond motifs is 1. The van der Waals surface area contributed by atoms with Gasteiger partial charge in [0.15, 0.2) is 5.82 Å². The highest BCUT2D eigenvalue weighted by atomic mass is 16.5. The lowest BCUT2D eigenvalue weighted by Gasteiger charge is -2.30. The van der Waals surface area contributed by atoms with Gasteiger partial charge in [0.25, 0.3) is 0 Å². The minimum Gasteiger partial charge on any atom is -0.378 e. The first-order valence-corrected chi connectivity index (χ1v) is 8.87. The normalized spacial score (nSPS) is 18.5. The van der Waals surface area contributed by atoms with Crippen molar-refractivity contribution < 1.29 is 4.74 Å². The van der Waals surface area contributed by atoms with Gasteiger partial charge in [-0.25, -0.2) is 9.97 Å². The highest BCUT2D eigenvalue weighted by Crippen LogP contribution is 2.29. The van der Waals surface area contributed by atoms with Gasteiger partial charge >= 0.3 is 0 Å². The van der Waals surface area contributed by atoms with Crippen LogP contribution in [-0.2, 0) is 4.74 Å². The molecule has 130 valence electrons. The Morgan fingerprint density at radius 2 is 1.92 bits per heavy atom. The minimum absolute atomic E-state index is 0.781. The molecule has 6 nitrogen and oxygen atoms in total. The summed E-state index contributed by atoms with van der Waals surface area (Å²) in [5, 5.41) is 3.15. The van der Waals surface area contributed by atoms with E-state index in [0.29, 0.717) is 0 Å². The number of hydrogen-bond acceptors (Lipinski definition) is 6. The molecule has 0 radical (unpaired) electrons. The zero-order valence-corrected chi connectivity index (χ0v) is 14.5. The molecular formula is C19H23N5O. The Morgan fingerprint density at radius 1 is 1.08 bits per heavy atom. The third-order valence-corrected chi connectivity index (χ3v) is 4.80. The predicted molar refractivity (Wildman–Crippen MR) is 99.2 cm³/mol. The molecule has 0 unspecified atom stereocenters. The van der Waals surface area contributed by atoms with Crippen LogP contribution in [0.4, 0.5) is 5.82 Å². The average molecular weight is 337 g/mol. The minimum atomic E-state index is 0.781. The molecule has 1 aliphatic carbocycles. The number of nitrogens with zero attached hydrogens (tertiary/aromatic N) is 4. The smallest absolute Gasteiger partial charge is 0.154 e. The van der Waals surface area contributed by atoms with Gasteiger partial charge in [-0.1, -0.05) is 6.08 Å². The first-order valence-electron chi connectivity index (χ1n) is 8.87. The molecule has 25 heavy (non-hydrogen) atoms. The van der Waals surface area contributed by atoms with Gasteiger partial charge in [-0.15, -0.1) is 0 Å². The predicted octanol–water partition coefficient (Wildman–Crippen LogP) is 2.85. The molecule has 6 heteroatoms. The first-order chi connectivity index (χ1) is 12.3. The van der Waals surface area contributed by atoms with Gasteiger partial charge in [-0.3, -0.25) is 4.98 Å². The van der Waals surface area contributed by atoms with Gasteiger partial charge in [0.2, 0.25) is 0 Å². The highest BCUT2D eigenvalue weighted by Gasteiger charge is 2.16. The molecule has 0 atom stereocenters. The summed E-state index contributed by atoms with van der Waals surface area (Å²) in [6.45, 7) is 3.63. The number of pyridine rings is 1. The summed E-state index contributed by atoms with van der Waals surface area (Å²) >= 11 is 0. The number of ether oxygens (including phenoxy) is 1. The van der Waals surface area contributed by atoms with Gasteiger partial charge < -0.3 is 15.0 Å². The summed E-state index contributed by atoms with van der Waals surface area (Å²) in [6, 6.07) is 2.04. The molecule has 1 fully saturated rings. The monoisotopic (exact) mass is 337 g/mol. The van der Waals surface area contributed by atoms with E-state index >= 15 is 0 Å². The van der Waals surface area contributed by atoms with Gasteiger partial charge in [0.1, 0.15) is 5.52 Å². The number of allylic oxidation sites excluding steroid dienone is 4. The van der Waals surface area contributed by atoms with Crippen molar-refractivity contribution in [2.24, 2.45) is 0 Å². The van der Waals surface area contributed by atoms with Crippen LogP contribution in [-0.4, -0.2) is 53.2 Å². The van der Waals surface area contributed by atoms with E-state index in [1.165, 1.54) is 11.3 Å². The molecule has 2 aromatic rings. The topological polar surface area (TPSA) is 63.2 Å². The van der Waals surface area contributed by atoms with Crippen molar-refractivity contribution in [2.45, 2.75) is 19.3 Å². The van der Waals surface area contributed by atoms with Crippen LogP contribution in [0.1, 0.15) is 25.0 Å². The first kappa shape index (κ1) is 16.0. The molecule has 0 spiro atoms. The number of aromatic nitrogens is 3. The van der Waals surface area contributed by atoms with E-state index in [1.807, 2.05) is 13.1 Å². The lowest BCUT2D eigenvalue weighted by molar-refractivity contribution is 0.0520. The molecule has 1 N–H and O–H groups in total. The molecular weight excluding hydrogens is 314 g/mol. The molecule has 2 aromatic heterocycles. The lowest BCUT2D eigenvalue weighted by Crippen LogP contribution is -2.35. The molecule has 2 aliphatic rings. The second-order valence-electron chi connectivity index (χ2n) is 6.33. The summed E-state index contributed by atoms with van der Waals surface area (Å²) in [4.78, 5) is 16.1. The van der Waals surface area contributed by atoms with E-state index in [-0.39, 0.29) is 0 Å². The van der Waals surface area contributed by atoms with Crippen LogP contribution < -0.4 is 5.32 Å². The van der Waals surface area contributed by atoms with Crippen molar-refractivity contribution in [3.05, 3.63) is 42.0 Å². The van der Waals surface area contributed by atoms with Gasteiger partial charge in [0, 0.05) is 38.2 Å². The fourth-order valence-electron chi connectivity index (χ4n) is 3.46. The van der Waals surface area contributed by atoms with Crippen LogP contribution in [0.25, 0.3) is 16.6 Å². The van der Waals surface area contributed by atoms with Crippen molar-refractivity contribution in [1.29, 1.82) is 0 Å². The van der Waals surface area contributed by atoms with Crippen LogP contribution in [0.15, 0.2) is 36.3 Å². The number of morpholine rings is 1. The van der Waals surface area contributed by atoms with Crippen LogP contribution in [0, 0.1) is 0 Å². The van der Waals surface area contributed by atoms with Crippen molar-refractivity contribution in [1.82, 2.24) is 19.9 Å². The van der Waals surface area contributed by atoms with Crippen molar-refractivity contribution in [3.8, 4) is 0 Å². The quantitative estimate of drug-likeness (QED) is 0.929. The molecule has 1 saturated heterocycles. The van der Waals surface area contributed by atoms with Crippen molar-refractivity contribution in [2.75, 3.05) is 38.7 Å². The Morgan fingerprint density at radius 3 is 2.76 bits per heavy atom. The maximum Gasteiger partial charge on any atom is 0.154 e. The van der Waals surface area contributed by atoms with E-state index in [9.17, 15) is 0 Å². The summed E-state index contributed by atoms with van der Waals surface area (Å²) in [7, 11) is 1.87. The third kappa shape index (κ3) is 3.35. The van der Waals surface area contributed by atoms with Crippen LogP contribution in [0.5, 0.6) is 0 Å². The molecule has 0 bridgehead atoms. The number of rotatable bonds is 3. The van der Waals surface area contributed by atoms with Gasteiger partial charge in [-0.05, 0) is 37.0 Å². The Bertz CT molecular complexity index is 824. The maximum absolute atomic E-state index is 5.46. The second-order valence-corrected chi connectivity index (χ2v) is 6.33. The SMILES string of the molecule is CNc1nc(C2=CC=C(N3CCOCC3)CCC2)cc2nccnc12. The molecule has 1 aliphatic heterocycles. The lowest BCUT2D eigenvalue weighted by atomic mass is 10.1. The average Bonchev–Trinajstić information content (AvgIpc) is 2.94.